The molecule has 0 aliphatic rings. The molecule has 2 rings (SSSR count). The van der Waals surface area contributed by atoms with Crippen LogP contribution < -0.4 is 0 Å². The van der Waals surface area contributed by atoms with Crippen molar-refractivity contribution in [1.29, 1.82) is 0 Å². The molecule has 0 N–H and O–H groups in total. The molecule has 0 bridgehead atoms. The fraction of sp³-hybridized carbons (Fsp3) is 0.200. The van der Waals surface area contributed by atoms with Gasteiger partial charge in [-0.25, -0.2) is 0 Å². The van der Waals surface area contributed by atoms with E-state index in [-0.39, 0.29) is 15.0 Å². The van der Waals surface area contributed by atoms with Gasteiger partial charge in [-0.1, -0.05) is 0 Å². The van der Waals surface area contributed by atoms with Gasteiger partial charge in [-0.05, 0) is 0 Å². The van der Waals surface area contributed by atoms with Crippen LogP contribution in [0.25, 0.3) is 11.3 Å². The number of hydrogen-bond donors (Lipinski definition) is 0. The number of rotatable bonds is 2. The van der Waals surface area contributed by atoms with Crippen LogP contribution in [0.3, 0.4) is 0 Å². The molecule has 1 aromatic carbocycles. The summed E-state index contributed by atoms with van der Waals surface area (Å²) in [7, 11) is 0. The Kier molecular flexibility index (Phi) is 2.57. The van der Waals surface area contributed by atoms with Gasteiger partial charge in [0.15, 0.2) is 0 Å². The molecule has 3 heteroatoms. The first-order valence-corrected chi connectivity index (χ1v) is 5.82. The van der Waals surface area contributed by atoms with Crippen LogP contribution >= 0.6 is 0 Å². The van der Waals surface area contributed by atoms with Crippen molar-refractivity contribution in [3.05, 3.63) is 36.0 Å². The van der Waals surface area contributed by atoms with E-state index in [1.807, 2.05) is 18.2 Å². The van der Waals surface area contributed by atoms with E-state index in [4.69, 9.17) is 0 Å². The van der Waals surface area contributed by atoms with Crippen molar-refractivity contribution < 1.29 is 0 Å². The number of aryl methyl sites for hydroxylation is 1. The van der Waals surface area contributed by atoms with Gasteiger partial charge >= 0.3 is 83.5 Å². The molecule has 0 spiro atoms. The van der Waals surface area contributed by atoms with Crippen molar-refractivity contribution in [2.75, 3.05) is 0 Å². The second-order valence-corrected chi connectivity index (χ2v) is 3.89. The molecule has 0 radical (unpaired) electrons. The second-order valence-electron chi connectivity index (χ2n) is 2.78. The standard InChI is InChI=1S/C10H10N2Se/c1-2-9-10(12-13-11-9)8-6-4-3-5-7-8/h3-7H,2H2,1H3. The van der Waals surface area contributed by atoms with Crippen LogP contribution in [0.2, 0.25) is 0 Å². The SMILES string of the molecule is CCc1n[se]nc1-c1ccccc1. The van der Waals surface area contributed by atoms with Crippen LogP contribution in [0.15, 0.2) is 30.3 Å². The van der Waals surface area contributed by atoms with Crippen molar-refractivity contribution in [2.45, 2.75) is 13.3 Å². The van der Waals surface area contributed by atoms with Crippen LogP contribution in [-0.4, -0.2) is 22.9 Å². The molecular weight excluding hydrogens is 227 g/mol. The summed E-state index contributed by atoms with van der Waals surface area (Å²) in [5.74, 6) is 0. The van der Waals surface area contributed by atoms with Crippen LogP contribution in [0.5, 0.6) is 0 Å². The zero-order valence-corrected chi connectivity index (χ0v) is 9.11. The Labute approximate surface area is 83.9 Å². The zero-order chi connectivity index (χ0) is 9.10. The summed E-state index contributed by atoms with van der Waals surface area (Å²) in [5, 5.41) is 0. The minimum absolute atomic E-state index is 0.0938. The summed E-state index contributed by atoms with van der Waals surface area (Å²) in [6.45, 7) is 2.12. The van der Waals surface area contributed by atoms with Crippen molar-refractivity contribution in [3.63, 3.8) is 0 Å². The number of hydrogen-bond acceptors (Lipinski definition) is 2. The third-order valence-corrected chi connectivity index (χ3v) is 3.13. The average Bonchev–Trinajstić information content (AvgIpc) is 2.67. The van der Waals surface area contributed by atoms with Gasteiger partial charge in [-0.3, -0.25) is 0 Å². The number of aromatic nitrogens is 2. The van der Waals surface area contributed by atoms with Gasteiger partial charge < -0.3 is 0 Å². The molecule has 0 aliphatic carbocycles. The molecule has 0 saturated carbocycles. The average molecular weight is 237 g/mol. The van der Waals surface area contributed by atoms with Crippen molar-refractivity contribution in [2.24, 2.45) is 0 Å². The Bertz CT molecular complexity index is 381. The maximum absolute atomic E-state index is 4.43. The maximum atomic E-state index is 4.43. The van der Waals surface area contributed by atoms with Crippen molar-refractivity contribution in [1.82, 2.24) is 7.96 Å². The summed E-state index contributed by atoms with van der Waals surface area (Å²) >= 11 is 0.0938. The first-order chi connectivity index (χ1) is 6.42. The van der Waals surface area contributed by atoms with E-state index in [1.165, 1.54) is 5.56 Å². The predicted molar refractivity (Wildman–Crippen MR) is 53.8 cm³/mol. The third-order valence-electron chi connectivity index (χ3n) is 1.94. The molecule has 0 fully saturated rings. The molecule has 0 saturated heterocycles. The van der Waals surface area contributed by atoms with Crippen LogP contribution in [-0.2, 0) is 6.42 Å². The number of benzene rings is 1. The second kappa shape index (κ2) is 3.86. The van der Waals surface area contributed by atoms with E-state index in [9.17, 15) is 0 Å². The first kappa shape index (κ1) is 8.67. The molecular formula is C10H10N2Se. The molecule has 2 nitrogen and oxygen atoms in total. The van der Waals surface area contributed by atoms with E-state index in [0.29, 0.717) is 0 Å². The van der Waals surface area contributed by atoms with Gasteiger partial charge in [-0.2, -0.15) is 0 Å². The summed E-state index contributed by atoms with van der Waals surface area (Å²) < 4.78 is 8.82. The van der Waals surface area contributed by atoms with Gasteiger partial charge in [-0.15, -0.1) is 0 Å². The fourth-order valence-corrected chi connectivity index (χ4v) is 2.61. The van der Waals surface area contributed by atoms with Crippen molar-refractivity contribution in [3.8, 4) is 11.3 Å². The monoisotopic (exact) mass is 238 g/mol. The molecule has 13 heavy (non-hydrogen) atoms. The first-order valence-electron chi connectivity index (χ1n) is 4.28. The van der Waals surface area contributed by atoms with Crippen LogP contribution in [0.1, 0.15) is 12.6 Å². The molecule has 0 unspecified atom stereocenters. The fourth-order valence-electron chi connectivity index (χ4n) is 1.25. The molecule has 1 heterocycles. The Balaban J connectivity index is 2.47. The molecule has 1 aromatic heterocycles. The Morgan fingerprint density at radius 3 is 2.62 bits per heavy atom. The van der Waals surface area contributed by atoms with Crippen molar-refractivity contribution >= 4 is 15.0 Å². The molecule has 0 atom stereocenters. The Hall–Kier alpha value is -0.921. The topological polar surface area (TPSA) is 25.8 Å². The number of nitrogens with zero attached hydrogens (tertiary/aromatic N) is 2. The summed E-state index contributed by atoms with van der Waals surface area (Å²) in [6, 6.07) is 10.3. The van der Waals surface area contributed by atoms with E-state index in [1.54, 1.807) is 0 Å². The third kappa shape index (κ3) is 1.71. The van der Waals surface area contributed by atoms with Crippen LogP contribution in [0, 0.1) is 0 Å². The Morgan fingerprint density at radius 2 is 1.92 bits per heavy atom. The Morgan fingerprint density at radius 1 is 1.15 bits per heavy atom. The van der Waals surface area contributed by atoms with Gasteiger partial charge in [0.2, 0.25) is 0 Å². The quantitative estimate of drug-likeness (QED) is 0.744. The zero-order valence-electron chi connectivity index (χ0n) is 7.40. The summed E-state index contributed by atoms with van der Waals surface area (Å²) in [4.78, 5) is 0. The minimum atomic E-state index is 0.0938. The molecule has 0 aliphatic heterocycles. The normalized spacial score (nSPS) is 10.2. The van der Waals surface area contributed by atoms with Crippen LogP contribution in [0.4, 0.5) is 0 Å². The van der Waals surface area contributed by atoms with Gasteiger partial charge in [0.25, 0.3) is 0 Å². The van der Waals surface area contributed by atoms with E-state index in [0.717, 1.165) is 17.8 Å². The van der Waals surface area contributed by atoms with E-state index < -0.39 is 0 Å². The van der Waals surface area contributed by atoms with Gasteiger partial charge in [0.1, 0.15) is 0 Å². The van der Waals surface area contributed by atoms with E-state index in [2.05, 4.69) is 27.0 Å². The molecule has 0 amide bonds. The van der Waals surface area contributed by atoms with Gasteiger partial charge in [0, 0.05) is 0 Å². The molecule has 66 valence electrons. The van der Waals surface area contributed by atoms with Gasteiger partial charge in [0.05, 0.1) is 0 Å². The summed E-state index contributed by atoms with van der Waals surface area (Å²) in [5.41, 5.74) is 3.46. The van der Waals surface area contributed by atoms with E-state index >= 15 is 0 Å². The summed E-state index contributed by atoms with van der Waals surface area (Å²) in [6.07, 6.45) is 0.982. The molecule has 2 aromatic rings. The predicted octanol–water partition coefficient (Wildman–Crippen LogP) is 1.76.